The van der Waals surface area contributed by atoms with E-state index in [0.29, 0.717) is 6.04 Å². The topological polar surface area (TPSA) is 8.81 Å². The Kier molecular flexibility index (Phi) is 11.1. The van der Waals surface area contributed by atoms with E-state index in [2.05, 4.69) is 49.2 Å². The number of hydrogen-bond acceptors (Lipinski definition) is 0. The van der Waals surface area contributed by atoms with Gasteiger partial charge in [-0.05, 0) is 27.2 Å². The molecule has 0 radical (unpaired) electrons. The van der Waals surface area contributed by atoms with Crippen LogP contribution in [0, 0.1) is 0 Å². The molecule has 1 rings (SSSR count). The molecule has 0 amide bonds. The Morgan fingerprint density at radius 3 is 1.83 bits per heavy atom. The van der Waals surface area contributed by atoms with E-state index in [1.807, 2.05) is 0 Å². The summed E-state index contributed by atoms with van der Waals surface area (Å²) in [6, 6.07) is 0.575. The molecule has 134 valence electrons. The monoisotopic (exact) mass is 321 g/mol. The Hall–Kier alpha value is -0.790. The van der Waals surface area contributed by atoms with Gasteiger partial charge >= 0.3 is 0 Å². The molecule has 0 unspecified atom stereocenters. The molecule has 0 bridgehead atoms. The Morgan fingerprint density at radius 1 is 0.826 bits per heavy atom. The van der Waals surface area contributed by atoms with Crippen molar-refractivity contribution < 1.29 is 4.57 Å². The van der Waals surface area contributed by atoms with Gasteiger partial charge in [0, 0.05) is 6.42 Å². The predicted molar refractivity (Wildman–Crippen MR) is 101 cm³/mol. The van der Waals surface area contributed by atoms with Crippen molar-refractivity contribution in [1.82, 2.24) is 4.57 Å². The summed E-state index contributed by atoms with van der Waals surface area (Å²) in [5.74, 6) is 1.51. The largest absolute Gasteiger partial charge is 0.256 e. The quantitative estimate of drug-likeness (QED) is 0.284. The molecule has 0 saturated carbocycles. The third-order valence-corrected chi connectivity index (χ3v) is 4.94. The van der Waals surface area contributed by atoms with Crippen LogP contribution in [0.15, 0.2) is 12.4 Å². The van der Waals surface area contributed by atoms with E-state index in [4.69, 9.17) is 0 Å². The standard InChI is InChI=1S/C21H41N2/c1-5-7-8-9-10-11-12-13-14-15-16-17-21-22(6-2)18-19-23(21)20(3)4/h18-20H,5-17H2,1-4H3/q+1. The summed E-state index contributed by atoms with van der Waals surface area (Å²) in [5.41, 5.74) is 0. The molecular formula is C21H41N2+. The molecule has 1 heterocycles. The Morgan fingerprint density at radius 2 is 1.35 bits per heavy atom. The van der Waals surface area contributed by atoms with Gasteiger partial charge in [0.15, 0.2) is 0 Å². The molecule has 1 aromatic rings. The van der Waals surface area contributed by atoms with Crippen LogP contribution in [0.2, 0.25) is 0 Å². The minimum Gasteiger partial charge on any atom is -0.235 e. The SMILES string of the molecule is CCCCCCCCCCCCCc1n(C(C)C)cc[n+]1CC. The Balaban J connectivity index is 2.08. The average Bonchev–Trinajstić information content (AvgIpc) is 2.95. The Labute approximate surface area is 145 Å². The minimum atomic E-state index is 0.575. The lowest BCUT2D eigenvalue weighted by molar-refractivity contribution is -0.700. The number of imidazole rings is 1. The van der Waals surface area contributed by atoms with Crippen LogP contribution >= 0.6 is 0 Å². The van der Waals surface area contributed by atoms with Crippen molar-refractivity contribution in [2.45, 2.75) is 117 Å². The lowest BCUT2D eigenvalue weighted by Gasteiger charge is -2.07. The van der Waals surface area contributed by atoms with Gasteiger partial charge in [0.25, 0.3) is 5.82 Å². The highest BCUT2D eigenvalue weighted by Gasteiger charge is 2.17. The van der Waals surface area contributed by atoms with E-state index in [1.165, 1.54) is 82.9 Å². The van der Waals surface area contributed by atoms with Crippen LogP contribution in [-0.2, 0) is 13.0 Å². The molecule has 0 aromatic carbocycles. The molecule has 0 aliphatic heterocycles. The van der Waals surface area contributed by atoms with E-state index in [9.17, 15) is 0 Å². The summed E-state index contributed by atoms with van der Waals surface area (Å²) < 4.78 is 4.86. The zero-order chi connectivity index (χ0) is 16.9. The van der Waals surface area contributed by atoms with Gasteiger partial charge in [0.1, 0.15) is 12.4 Å². The molecular weight excluding hydrogens is 280 g/mol. The first-order chi connectivity index (χ1) is 11.2. The van der Waals surface area contributed by atoms with Crippen molar-refractivity contribution in [3.63, 3.8) is 0 Å². The van der Waals surface area contributed by atoms with Gasteiger partial charge in [0.05, 0.1) is 12.6 Å². The van der Waals surface area contributed by atoms with Crippen LogP contribution in [0.5, 0.6) is 0 Å². The lowest BCUT2D eigenvalue weighted by Crippen LogP contribution is -2.36. The lowest BCUT2D eigenvalue weighted by atomic mass is 10.1. The van der Waals surface area contributed by atoms with Crippen molar-refractivity contribution in [1.29, 1.82) is 0 Å². The normalized spacial score (nSPS) is 11.5. The Bertz CT molecular complexity index is 393. The van der Waals surface area contributed by atoms with Gasteiger partial charge in [-0.2, -0.15) is 0 Å². The van der Waals surface area contributed by atoms with Gasteiger partial charge in [-0.25, -0.2) is 9.13 Å². The van der Waals surface area contributed by atoms with Crippen molar-refractivity contribution in [2.24, 2.45) is 0 Å². The number of aryl methyl sites for hydroxylation is 1. The van der Waals surface area contributed by atoms with Crippen LogP contribution in [0.3, 0.4) is 0 Å². The number of rotatable bonds is 14. The van der Waals surface area contributed by atoms with Gasteiger partial charge in [-0.1, -0.05) is 71.1 Å². The zero-order valence-corrected chi connectivity index (χ0v) is 16.3. The summed E-state index contributed by atoms with van der Waals surface area (Å²) in [6.07, 6.45) is 21.4. The molecule has 0 aliphatic rings. The fourth-order valence-corrected chi connectivity index (χ4v) is 3.45. The highest BCUT2D eigenvalue weighted by Crippen LogP contribution is 2.13. The summed E-state index contributed by atoms with van der Waals surface area (Å²) in [4.78, 5) is 0. The molecule has 23 heavy (non-hydrogen) atoms. The van der Waals surface area contributed by atoms with Gasteiger partial charge < -0.3 is 0 Å². The van der Waals surface area contributed by atoms with Crippen LogP contribution in [0.4, 0.5) is 0 Å². The highest BCUT2D eigenvalue weighted by molar-refractivity contribution is 4.86. The maximum Gasteiger partial charge on any atom is 0.256 e. The second-order valence-electron chi connectivity index (χ2n) is 7.29. The van der Waals surface area contributed by atoms with E-state index in [-0.39, 0.29) is 0 Å². The molecule has 0 aliphatic carbocycles. The van der Waals surface area contributed by atoms with Crippen molar-refractivity contribution in [3.8, 4) is 0 Å². The van der Waals surface area contributed by atoms with E-state index in [1.54, 1.807) is 0 Å². The molecule has 1 aromatic heterocycles. The fourth-order valence-electron chi connectivity index (χ4n) is 3.45. The summed E-state index contributed by atoms with van der Waals surface area (Å²) in [5, 5.41) is 0. The smallest absolute Gasteiger partial charge is 0.235 e. The molecule has 0 spiro atoms. The zero-order valence-electron chi connectivity index (χ0n) is 16.3. The summed E-state index contributed by atoms with van der Waals surface area (Å²) in [7, 11) is 0. The number of nitrogens with zero attached hydrogens (tertiary/aromatic N) is 2. The second-order valence-corrected chi connectivity index (χ2v) is 7.29. The van der Waals surface area contributed by atoms with Gasteiger partial charge in [0.2, 0.25) is 0 Å². The van der Waals surface area contributed by atoms with Gasteiger partial charge in [-0.15, -0.1) is 0 Å². The first kappa shape index (κ1) is 20.3. The number of unbranched alkanes of at least 4 members (excludes halogenated alkanes) is 10. The predicted octanol–water partition coefficient (Wildman–Crippen LogP) is 6.23. The highest BCUT2D eigenvalue weighted by atomic mass is 15.2. The van der Waals surface area contributed by atoms with E-state index in [0.717, 1.165) is 6.54 Å². The molecule has 2 heteroatoms. The van der Waals surface area contributed by atoms with Crippen LogP contribution < -0.4 is 4.57 Å². The third-order valence-electron chi connectivity index (χ3n) is 4.94. The van der Waals surface area contributed by atoms with Crippen molar-refractivity contribution >= 4 is 0 Å². The van der Waals surface area contributed by atoms with E-state index < -0.39 is 0 Å². The molecule has 2 nitrogen and oxygen atoms in total. The van der Waals surface area contributed by atoms with Crippen molar-refractivity contribution in [2.75, 3.05) is 0 Å². The maximum absolute atomic E-state index is 2.44. The van der Waals surface area contributed by atoms with E-state index >= 15 is 0 Å². The summed E-state index contributed by atoms with van der Waals surface area (Å²) >= 11 is 0. The third kappa shape index (κ3) is 8.04. The number of hydrogen-bond donors (Lipinski definition) is 0. The minimum absolute atomic E-state index is 0.575. The average molecular weight is 322 g/mol. The number of aromatic nitrogens is 2. The second kappa shape index (κ2) is 12.6. The maximum atomic E-state index is 2.44. The molecule has 0 N–H and O–H groups in total. The van der Waals surface area contributed by atoms with Crippen LogP contribution in [0.25, 0.3) is 0 Å². The van der Waals surface area contributed by atoms with Crippen LogP contribution in [0.1, 0.15) is 110 Å². The van der Waals surface area contributed by atoms with Crippen LogP contribution in [-0.4, -0.2) is 4.57 Å². The fraction of sp³-hybridized carbons (Fsp3) is 0.857. The molecule has 0 atom stereocenters. The molecule has 0 saturated heterocycles. The first-order valence-corrected chi connectivity index (χ1v) is 10.3. The first-order valence-electron chi connectivity index (χ1n) is 10.3. The van der Waals surface area contributed by atoms with Crippen molar-refractivity contribution in [3.05, 3.63) is 18.2 Å². The molecule has 0 fully saturated rings. The summed E-state index contributed by atoms with van der Waals surface area (Å²) in [6.45, 7) is 10.2. The van der Waals surface area contributed by atoms with Gasteiger partial charge in [-0.3, -0.25) is 0 Å².